The van der Waals surface area contributed by atoms with Gasteiger partial charge in [0.15, 0.2) is 0 Å². The van der Waals surface area contributed by atoms with E-state index < -0.39 is 0 Å². The molecule has 2 rings (SSSR count). The van der Waals surface area contributed by atoms with Gasteiger partial charge in [0.2, 0.25) is 0 Å². The maximum absolute atomic E-state index is 5.82. The third kappa shape index (κ3) is 1.42. The summed E-state index contributed by atoms with van der Waals surface area (Å²) in [7, 11) is 0. The van der Waals surface area contributed by atoms with Crippen molar-refractivity contribution in [3.8, 4) is 0 Å². The van der Waals surface area contributed by atoms with E-state index in [4.69, 9.17) is 5.73 Å². The molecule has 0 bridgehead atoms. The first-order valence-electron chi connectivity index (χ1n) is 3.54. The molecule has 0 saturated heterocycles. The van der Waals surface area contributed by atoms with Crippen molar-refractivity contribution in [3.05, 3.63) is 27.4 Å². The van der Waals surface area contributed by atoms with Crippen molar-refractivity contribution in [2.75, 3.05) is 5.73 Å². The summed E-state index contributed by atoms with van der Waals surface area (Å²) in [6, 6.07) is 1.87. The molecule has 1 aromatic heterocycles. The molecule has 13 heavy (non-hydrogen) atoms. The Bertz CT molecular complexity index is 470. The number of nitrogens with two attached hydrogens (primary N) is 1. The molecule has 2 aromatic rings. The van der Waals surface area contributed by atoms with Gasteiger partial charge in [-0.2, -0.15) is 0 Å². The van der Waals surface area contributed by atoms with E-state index in [0.717, 1.165) is 14.5 Å². The van der Waals surface area contributed by atoms with Crippen molar-refractivity contribution in [1.82, 2.24) is 9.97 Å². The molecule has 66 valence electrons. The molecule has 0 fully saturated rings. The zero-order valence-electron chi connectivity index (χ0n) is 6.46. The summed E-state index contributed by atoms with van der Waals surface area (Å²) in [5.41, 5.74) is 7.93. The number of nitrogens with zero attached hydrogens (tertiary/aromatic N) is 2. The molecule has 0 spiro atoms. The molecule has 0 aliphatic rings. The van der Waals surface area contributed by atoms with Crippen LogP contribution in [0.4, 0.5) is 5.69 Å². The molecule has 0 aliphatic carbocycles. The third-order valence-electron chi connectivity index (χ3n) is 1.69. The smallest absolute Gasteiger partial charge is 0.114 e. The van der Waals surface area contributed by atoms with Crippen molar-refractivity contribution in [1.29, 1.82) is 0 Å². The molecule has 0 unspecified atom stereocenters. The van der Waals surface area contributed by atoms with Crippen LogP contribution in [0.1, 0.15) is 0 Å². The number of nitrogen functional groups attached to an aromatic ring is 1. The zero-order chi connectivity index (χ0) is 9.42. The third-order valence-corrected chi connectivity index (χ3v) is 2.95. The summed E-state index contributed by atoms with van der Waals surface area (Å²) in [5, 5.41) is 0. The molecule has 3 nitrogen and oxygen atoms in total. The predicted molar refractivity (Wildman–Crippen MR) is 59.4 cm³/mol. The molecule has 0 atom stereocenters. The Morgan fingerprint density at radius 2 is 1.62 bits per heavy atom. The van der Waals surface area contributed by atoms with E-state index in [1.165, 1.54) is 0 Å². The van der Waals surface area contributed by atoms with Gasteiger partial charge in [-0.05, 0) is 37.9 Å². The lowest BCUT2D eigenvalue weighted by atomic mass is 10.2. The first kappa shape index (κ1) is 8.90. The van der Waals surface area contributed by atoms with Gasteiger partial charge in [0.05, 0.1) is 5.69 Å². The minimum absolute atomic E-state index is 0.617. The quantitative estimate of drug-likeness (QED) is 0.761. The Morgan fingerprint density at radius 3 is 2.31 bits per heavy atom. The van der Waals surface area contributed by atoms with Crippen LogP contribution in [0.15, 0.2) is 27.4 Å². The lowest BCUT2D eigenvalue weighted by Gasteiger charge is -2.03. The van der Waals surface area contributed by atoms with Crippen LogP contribution in [-0.4, -0.2) is 9.97 Å². The topological polar surface area (TPSA) is 51.8 Å². The molecule has 2 N–H and O–H groups in total. The van der Waals surface area contributed by atoms with E-state index in [1.807, 2.05) is 6.07 Å². The molecule has 0 amide bonds. The summed E-state index contributed by atoms with van der Waals surface area (Å²) < 4.78 is 1.71. The Hall–Kier alpha value is -0.680. The largest absolute Gasteiger partial charge is 0.396 e. The number of aromatic nitrogens is 2. The average molecular weight is 303 g/mol. The van der Waals surface area contributed by atoms with Gasteiger partial charge in [-0.15, -0.1) is 0 Å². The molecule has 0 radical (unpaired) electrons. The average Bonchev–Trinajstić information content (AvgIpc) is 2.15. The molecule has 1 aromatic carbocycles. The highest BCUT2D eigenvalue weighted by Crippen LogP contribution is 2.31. The summed E-state index contributed by atoms with van der Waals surface area (Å²) in [5.74, 6) is 0. The zero-order valence-corrected chi connectivity index (χ0v) is 9.63. The van der Waals surface area contributed by atoms with Crippen molar-refractivity contribution in [3.63, 3.8) is 0 Å². The highest BCUT2D eigenvalue weighted by Gasteiger charge is 2.07. The lowest BCUT2D eigenvalue weighted by molar-refractivity contribution is 1.29. The van der Waals surface area contributed by atoms with Crippen molar-refractivity contribution < 1.29 is 0 Å². The maximum Gasteiger partial charge on any atom is 0.114 e. The lowest BCUT2D eigenvalue weighted by Crippen LogP contribution is -1.93. The Morgan fingerprint density at radius 1 is 1.00 bits per heavy atom. The van der Waals surface area contributed by atoms with Crippen LogP contribution in [0.25, 0.3) is 11.0 Å². The van der Waals surface area contributed by atoms with Crippen LogP contribution in [0.5, 0.6) is 0 Å². The first-order chi connectivity index (χ1) is 6.20. The highest BCUT2D eigenvalue weighted by molar-refractivity contribution is 9.11. The van der Waals surface area contributed by atoms with E-state index in [1.54, 1.807) is 12.4 Å². The maximum atomic E-state index is 5.82. The van der Waals surface area contributed by atoms with Crippen LogP contribution in [-0.2, 0) is 0 Å². The van der Waals surface area contributed by atoms with Gasteiger partial charge in [-0.3, -0.25) is 9.97 Å². The van der Waals surface area contributed by atoms with Gasteiger partial charge in [0.25, 0.3) is 0 Å². The van der Waals surface area contributed by atoms with Gasteiger partial charge in [-0.1, -0.05) is 0 Å². The molecule has 0 saturated carbocycles. The van der Waals surface area contributed by atoms with Crippen LogP contribution < -0.4 is 5.73 Å². The minimum atomic E-state index is 0.617. The summed E-state index contributed by atoms with van der Waals surface area (Å²) in [6.45, 7) is 0. The normalized spacial score (nSPS) is 10.6. The van der Waals surface area contributed by atoms with Crippen LogP contribution in [0, 0.1) is 0 Å². The Balaban J connectivity index is 2.97. The van der Waals surface area contributed by atoms with Gasteiger partial charge in [0.1, 0.15) is 11.0 Å². The standard InChI is InChI=1S/C8H5Br2N3/c9-4-3-5(10)7-8(6(4)11)13-2-1-12-7/h1-3H,11H2. The van der Waals surface area contributed by atoms with Crippen molar-refractivity contribution in [2.45, 2.75) is 0 Å². The summed E-state index contributed by atoms with van der Waals surface area (Å²) >= 11 is 6.74. The summed E-state index contributed by atoms with van der Waals surface area (Å²) in [4.78, 5) is 8.33. The number of halogens is 2. The minimum Gasteiger partial charge on any atom is -0.396 e. The van der Waals surface area contributed by atoms with Crippen molar-refractivity contribution >= 4 is 48.6 Å². The molecule has 0 aliphatic heterocycles. The predicted octanol–water partition coefficient (Wildman–Crippen LogP) is 2.74. The van der Waals surface area contributed by atoms with E-state index in [2.05, 4.69) is 41.8 Å². The number of fused-ring (bicyclic) bond motifs is 1. The van der Waals surface area contributed by atoms with Crippen LogP contribution in [0.3, 0.4) is 0 Å². The van der Waals surface area contributed by atoms with Crippen LogP contribution in [0.2, 0.25) is 0 Å². The highest BCUT2D eigenvalue weighted by atomic mass is 79.9. The fourth-order valence-corrected chi connectivity index (χ4v) is 2.32. The fourth-order valence-electron chi connectivity index (χ4n) is 1.08. The van der Waals surface area contributed by atoms with E-state index in [0.29, 0.717) is 11.2 Å². The van der Waals surface area contributed by atoms with Crippen molar-refractivity contribution in [2.24, 2.45) is 0 Å². The van der Waals surface area contributed by atoms with Crippen LogP contribution >= 0.6 is 31.9 Å². The monoisotopic (exact) mass is 301 g/mol. The number of hydrogen-bond acceptors (Lipinski definition) is 3. The second-order valence-corrected chi connectivity index (χ2v) is 4.22. The summed E-state index contributed by atoms with van der Waals surface area (Å²) in [6.07, 6.45) is 3.26. The number of anilines is 1. The number of rotatable bonds is 0. The fraction of sp³-hybridized carbons (Fsp3) is 0. The number of benzene rings is 1. The van der Waals surface area contributed by atoms with Gasteiger partial charge < -0.3 is 5.73 Å². The first-order valence-corrected chi connectivity index (χ1v) is 5.13. The Labute approximate surface area is 91.6 Å². The van der Waals surface area contributed by atoms with E-state index in [-0.39, 0.29) is 0 Å². The Kier molecular flexibility index (Phi) is 2.21. The van der Waals surface area contributed by atoms with Gasteiger partial charge in [0, 0.05) is 21.3 Å². The molecule has 5 heteroatoms. The molecule has 1 heterocycles. The second-order valence-electron chi connectivity index (χ2n) is 2.51. The second kappa shape index (κ2) is 3.23. The molecular weight excluding hydrogens is 298 g/mol. The van der Waals surface area contributed by atoms with Gasteiger partial charge in [-0.25, -0.2) is 0 Å². The van der Waals surface area contributed by atoms with E-state index >= 15 is 0 Å². The van der Waals surface area contributed by atoms with E-state index in [9.17, 15) is 0 Å². The molecular formula is C8H5Br2N3. The SMILES string of the molecule is Nc1c(Br)cc(Br)c2nccnc12. The van der Waals surface area contributed by atoms with Gasteiger partial charge >= 0.3 is 0 Å². The number of hydrogen-bond donors (Lipinski definition) is 1.